The van der Waals surface area contributed by atoms with Crippen molar-refractivity contribution in [2.24, 2.45) is 0 Å². The van der Waals surface area contributed by atoms with Crippen molar-refractivity contribution < 1.29 is 23.0 Å². The van der Waals surface area contributed by atoms with Gasteiger partial charge in [-0.05, 0) is 48.7 Å². The number of nitrogens with zero attached hydrogens (tertiary/aromatic N) is 2. The molecule has 2 aromatic rings. The molecule has 0 saturated carbocycles. The van der Waals surface area contributed by atoms with Gasteiger partial charge < -0.3 is 19.7 Å². The van der Waals surface area contributed by atoms with E-state index in [0.717, 1.165) is 18.4 Å². The Labute approximate surface area is 156 Å². The summed E-state index contributed by atoms with van der Waals surface area (Å²) in [6, 6.07) is 9.45. The van der Waals surface area contributed by atoms with E-state index in [1.165, 1.54) is 24.3 Å². The lowest BCUT2D eigenvalue weighted by Crippen LogP contribution is -2.43. The topological polar surface area (TPSA) is 63.7 Å². The molecule has 0 radical (unpaired) electrons. The van der Waals surface area contributed by atoms with Gasteiger partial charge in [-0.1, -0.05) is 6.07 Å². The van der Waals surface area contributed by atoms with Crippen molar-refractivity contribution in [3.63, 3.8) is 0 Å². The summed E-state index contributed by atoms with van der Waals surface area (Å²) in [6.45, 7) is -1.17. The van der Waals surface area contributed by atoms with Crippen LogP contribution in [0.25, 0.3) is 0 Å². The average molecular weight is 377 g/mol. The third kappa shape index (κ3) is 5.89. The van der Waals surface area contributed by atoms with E-state index >= 15 is 0 Å². The number of likely N-dealkylation sites (tertiary alicyclic amines) is 1. The fourth-order valence-corrected chi connectivity index (χ4v) is 2.85. The normalized spacial score (nSPS) is 15.0. The number of carbonyl (C=O) groups is 1. The number of halogens is 2. The van der Waals surface area contributed by atoms with E-state index in [4.69, 9.17) is 4.74 Å². The maximum atomic E-state index is 12.3. The number of aromatic nitrogens is 1. The minimum absolute atomic E-state index is 0.0505. The molecule has 0 unspecified atom stereocenters. The number of hydrogen-bond donors (Lipinski definition) is 1. The van der Waals surface area contributed by atoms with Gasteiger partial charge in [-0.15, -0.1) is 0 Å². The lowest BCUT2D eigenvalue weighted by molar-refractivity contribution is -0.0498. The highest BCUT2D eigenvalue weighted by atomic mass is 19.3. The van der Waals surface area contributed by atoms with Gasteiger partial charge in [0.2, 0.25) is 0 Å². The first-order valence-electron chi connectivity index (χ1n) is 8.71. The zero-order chi connectivity index (χ0) is 19.1. The minimum Gasteiger partial charge on any atom is -0.435 e. The van der Waals surface area contributed by atoms with E-state index in [0.29, 0.717) is 25.4 Å². The zero-order valence-corrected chi connectivity index (χ0v) is 14.7. The highest BCUT2D eigenvalue weighted by Gasteiger charge is 2.23. The molecular formula is C19H21F2N3O3. The predicted molar refractivity (Wildman–Crippen MR) is 95.7 cm³/mol. The smallest absolute Gasteiger partial charge is 0.387 e. The maximum Gasteiger partial charge on any atom is 0.387 e. The largest absolute Gasteiger partial charge is 0.435 e. The molecule has 144 valence electrons. The molecule has 0 bridgehead atoms. The number of pyridine rings is 1. The molecule has 1 aliphatic heterocycles. The van der Waals surface area contributed by atoms with Crippen LogP contribution in [0.3, 0.4) is 0 Å². The first-order chi connectivity index (χ1) is 13.1. The van der Waals surface area contributed by atoms with Gasteiger partial charge in [0.05, 0.1) is 12.7 Å². The first kappa shape index (κ1) is 19.0. The van der Waals surface area contributed by atoms with E-state index in [1.807, 2.05) is 12.1 Å². The van der Waals surface area contributed by atoms with Crippen molar-refractivity contribution in [2.75, 3.05) is 18.4 Å². The van der Waals surface area contributed by atoms with Gasteiger partial charge in [0, 0.05) is 31.2 Å². The standard InChI is InChI=1S/C19H21F2N3O3/c20-18(21)27-17-5-3-15(4-6-17)23-19(25)24-10-7-16(8-11-24)26-13-14-2-1-9-22-12-14/h1-6,9,12,16,18H,7-8,10-11,13H2,(H,23,25). The number of hydrogen-bond acceptors (Lipinski definition) is 4. The summed E-state index contributed by atoms with van der Waals surface area (Å²) in [4.78, 5) is 18.1. The summed E-state index contributed by atoms with van der Waals surface area (Å²) in [5, 5.41) is 2.76. The van der Waals surface area contributed by atoms with Crippen LogP contribution in [-0.4, -0.2) is 41.7 Å². The van der Waals surface area contributed by atoms with Gasteiger partial charge >= 0.3 is 12.6 Å². The van der Waals surface area contributed by atoms with Crippen molar-refractivity contribution in [1.29, 1.82) is 0 Å². The molecule has 27 heavy (non-hydrogen) atoms. The van der Waals surface area contributed by atoms with Crippen molar-refractivity contribution in [2.45, 2.75) is 32.2 Å². The van der Waals surface area contributed by atoms with Crippen LogP contribution in [0.15, 0.2) is 48.8 Å². The molecule has 2 amide bonds. The molecule has 1 N–H and O–H groups in total. The van der Waals surface area contributed by atoms with Crippen molar-refractivity contribution in [3.05, 3.63) is 54.4 Å². The highest BCUT2D eigenvalue weighted by Crippen LogP contribution is 2.20. The molecular weight excluding hydrogens is 356 g/mol. The quantitative estimate of drug-likeness (QED) is 0.829. The second-order valence-electron chi connectivity index (χ2n) is 6.19. The van der Waals surface area contributed by atoms with E-state index in [-0.39, 0.29) is 17.9 Å². The van der Waals surface area contributed by atoms with Gasteiger partial charge in [0.1, 0.15) is 5.75 Å². The average Bonchev–Trinajstić information content (AvgIpc) is 2.69. The Bertz CT molecular complexity index is 721. The molecule has 2 heterocycles. The lowest BCUT2D eigenvalue weighted by atomic mass is 10.1. The predicted octanol–water partition coefficient (Wildman–Crippen LogP) is 3.90. The highest BCUT2D eigenvalue weighted by molar-refractivity contribution is 5.89. The number of rotatable bonds is 6. The maximum absolute atomic E-state index is 12.3. The number of ether oxygens (including phenoxy) is 2. The molecule has 0 spiro atoms. The van der Waals surface area contributed by atoms with Gasteiger partial charge in [0.25, 0.3) is 0 Å². The van der Waals surface area contributed by atoms with E-state index in [9.17, 15) is 13.6 Å². The fourth-order valence-electron chi connectivity index (χ4n) is 2.85. The van der Waals surface area contributed by atoms with Crippen LogP contribution in [0.4, 0.5) is 19.3 Å². The first-order valence-corrected chi connectivity index (χ1v) is 8.71. The Morgan fingerprint density at radius 2 is 1.96 bits per heavy atom. The van der Waals surface area contributed by atoms with Crippen LogP contribution in [0.1, 0.15) is 18.4 Å². The van der Waals surface area contributed by atoms with Crippen LogP contribution in [0.2, 0.25) is 0 Å². The number of piperidine rings is 1. The number of anilines is 1. The number of urea groups is 1. The Morgan fingerprint density at radius 3 is 2.59 bits per heavy atom. The summed E-state index contributed by atoms with van der Waals surface area (Å²) in [5.74, 6) is 0.0505. The van der Waals surface area contributed by atoms with Crippen LogP contribution < -0.4 is 10.1 Å². The van der Waals surface area contributed by atoms with Crippen LogP contribution >= 0.6 is 0 Å². The Morgan fingerprint density at radius 1 is 1.22 bits per heavy atom. The molecule has 1 aliphatic rings. The van der Waals surface area contributed by atoms with Gasteiger partial charge in [-0.3, -0.25) is 4.98 Å². The van der Waals surface area contributed by atoms with Crippen molar-refractivity contribution in [1.82, 2.24) is 9.88 Å². The molecule has 6 nitrogen and oxygen atoms in total. The van der Waals surface area contributed by atoms with Crippen molar-refractivity contribution >= 4 is 11.7 Å². The van der Waals surface area contributed by atoms with Crippen molar-refractivity contribution in [3.8, 4) is 5.75 Å². The number of amides is 2. The van der Waals surface area contributed by atoms with E-state index < -0.39 is 6.61 Å². The summed E-state index contributed by atoms with van der Waals surface area (Å²) in [6.07, 6.45) is 5.13. The Balaban J connectivity index is 1.41. The van der Waals surface area contributed by atoms with Crippen LogP contribution in [0.5, 0.6) is 5.75 Å². The second kappa shape index (κ2) is 9.27. The third-order valence-corrected chi connectivity index (χ3v) is 4.27. The van der Waals surface area contributed by atoms with Gasteiger partial charge in [0.15, 0.2) is 0 Å². The fraction of sp³-hybridized carbons (Fsp3) is 0.368. The zero-order valence-electron chi connectivity index (χ0n) is 14.7. The molecule has 1 aromatic heterocycles. The minimum atomic E-state index is -2.87. The molecule has 1 saturated heterocycles. The molecule has 1 aromatic carbocycles. The summed E-state index contributed by atoms with van der Waals surface area (Å²) in [7, 11) is 0. The number of carbonyl (C=O) groups excluding carboxylic acids is 1. The van der Waals surface area contributed by atoms with E-state index in [2.05, 4.69) is 15.0 Å². The molecule has 8 heteroatoms. The summed E-state index contributed by atoms with van der Waals surface area (Å²) >= 11 is 0. The number of alkyl halides is 2. The number of benzene rings is 1. The van der Waals surface area contributed by atoms with Crippen LogP contribution in [-0.2, 0) is 11.3 Å². The Kier molecular flexibility index (Phi) is 6.54. The molecule has 0 atom stereocenters. The van der Waals surface area contributed by atoms with E-state index in [1.54, 1.807) is 17.3 Å². The van der Waals surface area contributed by atoms with Gasteiger partial charge in [-0.2, -0.15) is 8.78 Å². The third-order valence-electron chi connectivity index (χ3n) is 4.27. The lowest BCUT2D eigenvalue weighted by Gasteiger charge is -2.32. The second-order valence-corrected chi connectivity index (χ2v) is 6.19. The Hall–Kier alpha value is -2.74. The SMILES string of the molecule is O=C(Nc1ccc(OC(F)F)cc1)N1CCC(OCc2cccnc2)CC1. The molecule has 3 rings (SSSR count). The molecule has 1 fully saturated rings. The monoisotopic (exact) mass is 377 g/mol. The summed E-state index contributed by atoms with van der Waals surface area (Å²) in [5.41, 5.74) is 1.55. The van der Waals surface area contributed by atoms with Gasteiger partial charge in [-0.25, -0.2) is 4.79 Å². The summed E-state index contributed by atoms with van der Waals surface area (Å²) < 4.78 is 34.5. The molecule has 0 aliphatic carbocycles. The number of nitrogens with one attached hydrogen (secondary N) is 1. The van der Waals surface area contributed by atoms with Crippen LogP contribution in [0, 0.1) is 0 Å².